The second kappa shape index (κ2) is 11.9. The van der Waals surface area contributed by atoms with E-state index in [4.69, 9.17) is 4.42 Å². The van der Waals surface area contributed by atoms with Crippen molar-refractivity contribution in [2.45, 2.75) is 58.0 Å². The van der Waals surface area contributed by atoms with E-state index in [0.29, 0.717) is 30.3 Å². The number of nitrogens with zero attached hydrogens (tertiary/aromatic N) is 3. The molecule has 2 heterocycles. The Bertz CT molecular complexity index is 859. The van der Waals surface area contributed by atoms with E-state index in [1.807, 2.05) is 37.3 Å². The highest BCUT2D eigenvalue weighted by Gasteiger charge is 2.34. The summed E-state index contributed by atoms with van der Waals surface area (Å²) >= 11 is 0. The van der Waals surface area contributed by atoms with Gasteiger partial charge in [-0.3, -0.25) is 14.5 Å². The van der Waals surface area contributed by atoms with Gasteiger partial charge in [-0.2, -0.15) is 0 Å². The molecule has 2 atom stereocenters. The third kappa shape index (κ3) is 6.74. The fourth-order valence-electron chi connectivity index (χ4n) is 4.27. The fourth-order valence-corrected chi connectivity index (χ4v) is 4.27. The summed E-state index contributed by atoms with van der Waals surface area (Å²) in [6.07, 6.45) is 5.60. The first-order valence-corrected chi connectivity index (χ1v) is 11.7. The minimum Gasteiger partial charge on any atom is -0.438 e. The van der Waals surface area contributed by atoms with Crippen LogP contribution in [0.5, 0.6) is 0 Å². The van der Waals surface area contributed by atoms with Crippen molar-refractivity contribution >= 4 is 11.7 Å². The van der Waals surface area contributed by atoms with E-state index >= 15 is 0 Å². The van der Waals surface area contributed by atoms with Crippen molar-refractivity contribution in [2.24, 2.45) is 0 Å². The molecule has 1 saturated heterocycles. The maximum atomic E-state index is 12.1. The molecule has 174 valence electrons. The first kappa shape index (κ1) is 24.1. The molecular formula is C25H36N4O3. The molecule has 0 unspecified atom stereocenters. The molecule has 1 amide bonds. The molecule has 2 aromatic rings. The van der Waals surface area contributed by atoms with Crippen LogP contribution in [0.2, 0.25) is 0 Å². The third-order valence-electron chi connectivity index (χ3n) is 6.20. The average molecular weight is 441 g/mol. The number of aromatic nitrogens is 1. The maximum absolute atomic E-state index is 12.1. The van der Waals surface area contributed by atoms with Crippen molar-refractivity contribution < 1.29 is 14.0 Å². The topological polar surface area (TPSA) is 78.7 Å². The van der Waals surface area contributed by atoms with Crippen LogP contribution in [0.25, 0.3) is 11.3 Å². The summed E-state index contributed by atoms with van der Waals surface area (Å²) in [5.74, 6) is 1.43. The molecule has 1 N–H and O–H groups in total. The quantitative estimate of drug-likeness (QED) is 0.537. The minimum absolute atomic E-state index is 0.0617. The molecule has 0 saturated carbocycles. The molecule has 32 heavy (non-hydrogen) atoms. The Labute approximate surface area is 191 Å². The number of benzene rings is 1. The first-order valence-electron chi connectivity index (χ1n) is 11.7. The number of Topliss-reactive ketones (excluding diaryl/α,β-unsaturated/α-hetero) is 1. The Balaban J connectivity index is 1.82. The summed E-state index contributed by atoms with van der Waals surface area (Å²) in [4.78, 5) is 33.2. The summed E-state index contributed by atoms with van der Waals surface area (Å²) in [7, 11) is 2.13. The molecular weight excluding hydrogens is 404 g/mol. The lowest BCUT2D eigenvalue weighted by molar-refractivity contribution is -0.120. The van der Waals surface area contributed by atoms with Crippen LogP contribution in [0.1, 0.15) is 57.9 Å². The lowest BCUT2D eigenvalue weighted by Gasteiger charge is -2.40. The molecule has 0 spiro atoms. The highest BCUT2D eigenvalue weighted by molar-refractivity contribution is 5.77. The van der Waals surface area contributed by atoms with E-state index in [1.54, 1.807) is 6.20 Å². The van der Waals surface area contributed by atoms with Crippen LogP contribution >= 0.6 is 0 Å². The highest BCUT2D eigenvalue weighted by Crippen LogP contribution is 2.29. The normalized spacial score (nSPS) is 17.1. The van der Waals surface area contributed by atoms with Crippen molar-refractivity contribution in [3.63, 3.8) is 0 Å². The van der Waals surface area contributed by atoms with Gasteiger partial charge in [0, 0.05) is 57.5 Å². The van der Waals surface area contributed by atoms with Crippen molar-refractivity contribution in [3.8, 4) is 11.3 Å². The molecule has 3 rings (SSSR count). The summed E-state index contributed by atoms with van der Waals surface area (Å²) in [6, 6.07) is 9.59. The SMILES string of the molecule is CCC(=O)CCCC[C@@H]([C@H](NC(C)=O)c1ncc(-c2ccccc2)o1)N1CCN(C)CC1. The number of piperazine rings is 1. The van der Waals surface area contributed by atoms with E-state index in [9.17, 15) is 9.59 Å². The largest absolute Gasteiger partial charge is 0.438 e. The average Bonchev–Trinajstić information content (AvgIpc) is 3.29. The number of hydrogen-bond donors (Lipinski definition) is 1. The fraction of sp³-hybridized carbons (Fsp3) is 0.560. The van der Waals surface area contributed by atoms with Crippen LogP contribution in [0, 0.1) is 0 Å². The van der Waals surface area contributed by atoms with Gasteiger partial charge in [0.2, 0.25) is 11.8 Å². The molecule has 7 heteroatoms. The number of unbranched alkanes of at least 4 members (excludes halogenated alkanes) is 1. The van der Waals surface area contributed by atoms with Gasteiger partial charge in [-0.05, 0) is 19.9 Å². The number of likely N-dealkylation sites (N-methyl/N-ethyl adjacent to an activating group) is 1. The van der Waals surface area contributed by atoms with Crippen molar-refractivity contribution in [3.05, 3.63) is 42.4 Å². The van der Waals surface area contributed by atoms with E-state index in [2.05, 4.69) is 27.1 Å². The van der Waals surface area contributed by atoms with Gasteiger partial charge < -0.3 is 14.6 Å². The van der Waals surface area contributed by atoms with Gasteiger partial charge in [0.05, 0.1) is 6.20 Å². The van der Waals surface area contributed by atoms with Gasteiger partial charge in [-0.1, -0.05) is 43.7 Å². The predicted octanol–water partition coefficient (Wildman–Crippen LogP) is 3.67. The minimum atomic E-state index is -0.338. The number of oxazole rings is 1. The van der Waals surface area contributed by atoms with Crippen LogP contribution in [0.3, 0.4) is 0 Å². The molecule has 0 radical (unpaired) electrons. The summed E-state index contributed by atoms with van der Waals surface area (Å²) in [5, 5.41) is 3.11. The van der Waals surface area contributed by atoms with E-state index in [0.717, 1.165) is 51.0 Å². The lowest BCUT2D eigenvalue weighted by Crippen LogP contribution is -2.53. The smallest absolute Gasteiger partial charge is 0.219 e. The van der Waals surface area contributed by atoms with Crippen LogP contribution in [-0.4, -0.2) is 65.7 Å². The van der Waals surface area contributed by atoms with Crippen LogP contribution in [-0.2, 0) is 9.59 Å². The monoisotopic (exact) mass is 440 g/mol. The lowest BCUT2D eigenvalue weighted by atomic mass is 9.97. The molecule has 1 aliphatic rings. The van der Waals surface area contributed by atoms with Crippen LogP contribution < -0.4 is 5.32 Å². The second-order valence-corrected chi connectivity index (χ2v) is 8.65. The maximum Gasteiger partial charge on any atom is 0.219 e. The summed E-state index contributed by atoms with van der Waals surface area (Å²) < 4.78 is 6.17. The van der Waals surface area contributed by atoms with Crippen LogP contribution in [0.4, 0.5) is 0 Å². The molecule has 1 aliphatic heterocycles. The van der Waals surface area contributed by atoms with Gasteiger partial charge in [-0.15, -0.1) is 0 Å². The Morgan fingerprint density at radius 2 is 1.84 bits per heavy atom. The number of nitrogens with one attached hydrogen (secondary N) is 1. The van der Waals surface area contributed by atoms with Crippen molar-refractivity contribution in [1.82, 2.24) is 20.1 Å². The summed E-state index contributed by atoms with van der Waals surface area (Å²) in [5.41, 5.74) is 0.960. The number of ketones is 1. The highest BCUT2D eigenvalue weighted by atomic mass is 16.4. The van der Waals surface area contributed by atoms with Gasteiger partial charge in [-0.25, -0.2) is 4.98 Å². The Hall–Kier alpha value is -2.51. The first-order chi connectivity index (χ1) is 15.5. The number of amides is 1. The van der Waals surface area contributed by atoms with Crippen LogP contribution in [0.15, 0.2) is 40.9 Å². The molecule has 1 aromatic carbocycles. The molecule has 1 fully saturated rings. The zero-order valence-electron chi connectivity index (χ0n) is 19.5. The molecule has 0 bridgehead atoms. The third-order valence-corrected chi connectivity index (χ3v) is 6.20. The summed E-state index contributed by atoms with van der Waals surface area (Å²) in [6.45, 7) is 7.27. The molecule has 7 nitrogen and oxygen atoms in total. The van der Waals surface area contributed by atoms with Gasteiger partial charge in [0.1, 0.15) is 11.8 Å². The Morgan fingerprint density at radius 3 is 2.50 bits per heavy atom. The zero-order chi connectivity index (χ0) is 22.9. The molecule has 0 aliphatic carbocycles. The Morgan fingerprint density at radius 1 is 1.12 bits per heavy atom. The number of rotatable bonds is 11. The number of hydrogen-bond acceptors (Lipinski definition) is 6. The van der Waals surface area contributed by atoms with Gasteiger partial charge in [0.15, 0.2) is 5.76 Å². The standard InChI is InChI=1S/C25H36N4O3/c1-4-21(31)12-8-9-13-22(29-16-14-28(3)15-17-29)24(27-19(2)30)25-26-18-23(32-25)20-10-6-5-7-11-20/h5-7,10-11,18,22,24H,4,8-9,12-17H2,1-3H3,(H,27,30)/t22-,24-/m0/s1. The van der Waals surface area contributed by atoms with E-state index < -0.39 is 0 Å². The van der Waals surface area contributed by atoms with Crippen molar-refractivity contribution in [2.75, 3.05) is 33.2 Å². The number of carbonyl (C=O) groups is 2. The van der Waals surface area contributed by atoms with Crippen molar-refractivity contribution in [1.29, 1.82) is 0 Å². The number of carbonyl (C=O) groups excluding carboxylic acids is 2. The van der Waals surface area contributed by atoms with E-state index in [-0.39, 0.29) is 18.0 Å². The zero-order valence-corrected chi connectivity index (χ0v) is 19.5. The van der Waals surface area contributed by atoms with Gasteiger partial charge >= 0.3 is 0 Å². The Kier molecular flexibility index (Phi) is 9.00. The van der Waals surface area contributed by atoms with Gasteiger partial charge in [0.25, 0.3) is 0 Å². The predicted molar refractivity (Wildman–Crippen MR) is 125 cm³/mol. The molecule has 1 aromatic heterocycles. The second-order valence-electron chi connectivity index (χ2n) is 8.65. The van der Waals surface area contributed by atoms with E-state index in [1.165, 1.54) is 6.92 Å².